The molecule has 0 amide bonds. The molecule has 3 nitrogen and oxygen atoms in total. The Labute approximate surface area is 183 Å². The van der Waals surface area contributed by atoms with Crippen molar-refractivity contribution in [3.63, 3.8) is 0 Å². The van der Waals surface area contributed by atoms with Gasteiger partial charge < -0.3 is 0 Å². The van der Waals surface area contributed by atoms with Crippen molar-refractivity contribution < 1.29 is 0 Å². The average Bonchev–Trinajstić information content (AvgIpc) is 3.12. The van der Waals surface area contributed by atoms with Crippen molar-refractivity contribution in [2.45, 2.75) is 20.0 Å². The summed E-state index contributed by atoms with van der Waals surface area (Å²) in [6, 6.07) is 37.2. The van der Waals surface area contributed by atoms with Gasteiger partial charge in [0, 0.05) is 0 Å². The number of hydrogen-bond donors (Lipinski definition) is 0. The van der Waals surface area contributed by atoms with E-state index in [1.165, 1.54) is 15.9 Å². The molecule has 0 atom stereocenters. The van der Waals surface area contributed by atoms with E-state index < -0.39 is 7.26 Å². The maximum atomic E-state index is 5.05. The van der Waals surface area contributed by atoms with Crippen molar-refractivity contribution in [3.05, 3.63) is 120 Å². The van der Waals surface area contributed by atoms with Crippen molar-refractivity contribution in [1.29, 1.82) is 0 Å². The van der Waals surface area contributed by atoms with Gasteiger partial charge >= 0.3 is 184 Å². The number of nitrogens with zero attached hydrogens (tertiary/aromatic N) is 3. The van der Waals surface area contributed by atoms with E-state index in [4.69, 9.17) is 5.10 Å². The number of aryl methyl sites for hydroxylation is 2. The van der Waals surface area contributed by atoms with Gasteiger partial charge in [-0.1, -0.05) is 0 Å². The summed E-state index contributed by atoms with van der Waals surface area (Å²) >= 11 is 0. The summed E-state index contributed by atoms with van der Waals surface area (Å²) in [5.41, 5.74) is 4.13. The molecule has 0 fully saturated rings. The second-order valence-corrected chi connectivity index (χ2v) is 12.0. The fourth-order valence-corrected chi connectivity index (χ4v) is 9.16. The minimum absolute atomic E-state index is 0.887. The molecule has 5 aromatic rings. The van der Waals surface area contributed by atoms with Gasteiger partial charge in [-0.05, 0) is 0 Å². The molecule has 0 saturated heterocycles. The monoisotopic (exact) mass is 423 g/mol. The van der Waals surface area contributed by atoms with Gasteiger partial charge in [0.2, 0.25) is 0 Å². The Morgan fingerprint density at radius 2 is 1.13 bits per heavy atom. The number of fused-ring (bicyclic) bond motifs is 1. The molecule has 0 bridgehead atoms. The van der Waals surface area contributed by atoms with Crippen LogP contribution in [0.25, 0.3) is 5.65 Å². The van der Waals surface area contributed by atoms with Crippen LogP contribution in [-0.2, 0) is 6.16 Å². The molecule has 2 heterocycles. The van der Waals surface area contributed by atoms with Crippen LogP contribution in [0.5, 0.6) is 0 Å². The first-order valence-corrected chi connectivity index (χ1v) is 12.9. The van der Waals surface area contributed by atoms with Crippen LogP contribution in [0.4, 0.5) is 0 Å². The molecular weight excluding hydrogens is 397 g/mol. The molecule has 0 saturated carbocycles. The third-order valence-electron chi connectivity index (χ3n) is 6.24. The second-order valence-electron chi connectivity index (χ2n) is 8.06. The molecule has 2 aromatic heterocycles. The SMILES string of the molecule is Cc1nc2ccc(C[PH](c3ccccc3)(c3ccccc3)c3ccccc3)nn2c1C. The zero-order valence-electron chi connectivity index (χ0n) is 17.9. The van der Waals surface area contributed by atoms with Crippen LogP contribution in [0.1, 0.15) is 17.1 Å². The third kappa shape index (κ3) is 3.45. The quantitative estimate of drug-likeness (QED) is 0.388. The normalized spacial score (nSPS) is 12.2. The van der Waals surface area contributed by atoms with E-state index in [9.17, 15) is 0 Å². The van der Waals surface area contributed by atoms with Crippen LogP contribution in [0.3, 0.4) is 0 Å². The van der Waals surface area contributed by atoms with Gasteiger partial charge in [-0.15, -0.1) is 0 Å². The molecule has 0 aliphatic carbocycles. The van der Waals surface area contributed by atoms with E-state index in [0.29, 0.717) is 0 Å². The molecule has 0 aliphatic rings. The zero-order chi connectivity index (χ0) is 21.3. The summed E-state index contributed by atoms with van der Waals surface area (Å²) in [6.07, 6.45) is 0.887. The minimum atomic E-state index is -2.36. The summed E-state index contributed by atoms with van der Waals surface area (Å²) < 4.78 is 1.99. The molecule has 3 aromatic carbocycles. The predicted octanol–water partition coefficient (Wildman–Crippen LogP) is 4.57. The fourth-order valence-electron chi connectivity index (χ4n) is 4.53. The molecule has 154 valence electrons. The van der Waals surface area contributed by atoms with E-state index in [2.05, 4.69) is 115 Å². The fraction of sp³-hybridized carbons (Fsp3) is 0.111. The van der Waals surface area contributed by atoms with Crippen LogP contribution in [0.15, 0.2) is 103 Å². The van der Waals surface area contributed by atoms with Crippen LogP contribution in [0.2, 0.25) is 0 Å². The topological polar surface area (TPSA) is 30.2 Å². The van der Waals surface area contributed by atoms with E-state index >= 15 is 0 Å². The van der Waals surface area contributed by atoms with Crippen LogP contribution < -0.4 is 15.9 Å². The van der Waals surface area contributed by atoms with Gasteiger partial charge in [-0.2, -0.15) is 0 Å². The Balaban J connectivity index is 1.77. The van der Waals surface area contributed by atoms with Crippen molar-refractivity contribution in [3.8, 4) is 0 Å². The number of benzene rings is 3. The molecule has 0 spiro atoms. The Hall–Kier alpha value is -3.29. The van der Waals surface area contributed by atoms with Crippen LogP contribution in [0, 0.1) is 13.8 Å². The van der Waals surface area contributed by atoms with E-state index in [1.54, 1.807) is 0 Å². The van der Waals surface area contributed by atoms with Gasteiger partial charge in [-0.25, -0.2) is 0 Å². The van der Waals surface area contributed by atoms with Crippen molar-refractivity contribution in [1.82, 2.24) is 14.6 Å². The molecule has 0 aliphatic heterocycles. The van der Waals surface area contributed by atoms with Gasteiger partial charge in [0.1, 0.15) is 0 Å². The maximum absolute atomic E-state index is 5.05. The van der Waals surface area contributed by atoms with Gasteiger partial charge in [0.05, 0.1) is 0 Å². The molecule has 0 N–H and O–H groups in total. The molecular formula is C27H26N3P. The van der Waals surface area contributed by atoms with Gasteiger partial charge in [-0.3, -0.25) is 0 Å². The van der Waals surface area contributed by atoms with Crippen LogP contribution >= 0.6 is 7.26 Å². The summed E-state index contributed by atoms with van der Waals surface area (Å²) in [6.45, 7) is 4.13. The van der Waals surface area contributed by atoms with Crippen molar-refractivity contribution >= 4 is 28.8 Å². The summed E-state index contributed by atoms with van der Waals surface area (Å²) in [4.78, 5) is 4.64. The summed E-state index contributed by atoms with van der Waals surface area (Å²) in [5.74, 6) is 0. The molecule has 31 heavy (non-hydrogen) atoms. The first-order chi connectivity index (χ1) is 15.2. The van der Waals surface area contributed by atoms with E-state index in [0.717, 1.165) is 28.9 Å². The second kappa shape index (κ2) is 8.09. The summed E-state index contributed by atoms with van der Waals surface area (Å²) in [7, 11) is -2.36. The predicted molar refractivity (Wildman–Crippen MR) is 133 cm³/mol. The Morgan fingerprint density at radius 3 is 1.61 bits per heavy atom. The number of imidazole rings is 1. The zero-order valence-corrected chi connectivity index (χ0v) is 18.9. The standard InChI is InChI=1S/C27H26N3P/c1-21-22(2)30-27(28-21)19-18-23(29-30)20-31(24-12-6-3-7-13-24,25-14-8-4-9-15-25)26-16-10-5-11-17-26/h3-19,31H,20H2,1-2H3. The summed E-state index contributed by atoms with van der Waals surface area (Å²) in [5, 5.41) is 9.23. The Kier molecular flexibility index (Phi) is 5.13. The molecule has 0 unspecified atom stereocenters. The van der Waals surface area contributed by atoms with E-state index in [-0.39, 0.29) is 0 Å². The number of hydrogen-bond acceptors (Lipinski definition) is 2. The van der Waals surface area contributed by atoms with Crippen molar-refractivity contribution in [2.24, 2.45) is 0 Å². The van der Waals surface area contributed by atoms with Crippen LogP contribution in [-0.4, -0.2) is 14.6 Å². The molecule has 5 rings (SSSR count). The average molecular weight is 424 g/mol. The molecule has 4 heteroatoms. The van der Waals surface area contributed by atoms with Gasteiger partial charge in [0.15, 0.2) is 0 Å². The van der Waals surface area contributed by atoms with Gasteiger partial charge in [0.25, 0.3) is 0 Å². The first kappa shape index (κ1) is 19.7. The first-order valence-electron chi connectivity index (χ1n) is 10.7. The Morgan fingerprint density at radius 1 is 0.645 bits per heavy atom. The van der Waals surface area contributed by atoms with Crippen molar-refractivity contribution in [2.75, 3.05) is 0 Å². The van der Waals surface area contributed by atoms with E-state index in [1.807, 2.05) is 11.4 Å². The number of aromatic nitrogens is 3. The third-order valence-corrected chi connectivity index (χ3v) is 11.1. The Bertz CT molecular complexity index is 1220. The number of rotatable bonds is 5. The molecule has 0 radical (unpaired) electrons.